The Hall–Kier alpha value is -4.13. The van der Waals surface area contributed by atoms with Crippen LogP contribution in [-0.2, 0) is 11.0 Å². The molecule has 0 spiro atoms. The van der Waals surface area contributed by atoms with Gasteiger partial charge in [-0.15, -0.1) is 0 Å². The van der Waals surface area contributed by atoms with Gasteiger partial charge in [-0.1, -0.05) is 48.5 Å². The Balaban J connectivity index is 1.38. The third-order valence-corrected chi connectivity index (χ3v) is 7.64. The van der Waals surface area contributed by atoms with Crippen molar-refractivity contribution in [1.29, 1.82) is 0 Å². The molecule has 4 aromatic carbocycles. The molecule has 1 amide bonds. The van der Waals surface area contributed by atoms with Crippen molar-refractivity contribution in [3.8, 4) is 22.3 Å². The van der Waals surface area contributed by atoms with Crippen LogP contribution in [0.2, 0.25) is 0 Å². The Kier molecular flexibility index (Phi) is 5.33. The summed E-state index contributed by atoms with van der Waals surface area (Å²) < 4.78 is 38.9. The zero-order valence-electron chi connectivity index (χ0n) is 19.5. The number of benzene rings is 4. The molecule has 186 valence electrons. The molecule has 0 unspecified atom stereocenters. The number of rotatable bonds is 4. The summed E-state index contributed by atoms with van der Waals surface area (Å²) in [4.78, 5) is 24.0. The van der Waals surface area contributed by atoms with Crippen LogP contribution in [0.15, 0.2) is 78.9 Å². The minimum atomic E-state index is -4.41. The lowest BCUT2D eigenvalue weighted by Crippen LogP contribution is -2.34. The van der Waals surface area contributed by atoms with Gasteiger partial charge in [0, 0.05) is 12.0 Å². The first-order valence-corrected chi connectivity index (χ1v) is 12.1. The molecule has 2 bridgehead atoms. The molecular weight excluding hydrogens is 479 g/mol. The molecule has 2 N–H and O–H groups in total. The highest BCUT2D eigenvalue weighted by Crippen LogP contribution is 2.44. The molecule has 0 radical (unpaired) electrons. The van der Waals surface area contributed by atoms with E-state index >= 15 is 0 Å². The van der Waals surface area contributed by atoms with E-state index < -0.39 is 17.7 Å². The maximum atomic E-state index is 13.0. The van der Waals surface area contributed by atoms with Crippen LogP contribution in [0.4, 0.5) is 13.2 Å². The number of alkyl halides is 3. The number of carbonyl (C=O) groups is 2. The molecule has 1 aliphatic carbocycles. The molecule has 1 heterocycles. The van der Waals surface area contributed by atoms with Gasteiger partial charge >= 0.3 is 12.1 Å². The van der Waals surface area contributed by atoms with E-state index in [1.54, 1.807) is 18.2 Å². The maximum Gasteiger partial charge on any atom is 0.416 e. The number of piperidine rings is 1. The molecule has 7 heteroatoms. The van der Waals surface area contributed by atoms with Crippen molar-refractivity contribution in [2.24, 2.45) is 5.92 Å². The van der Waals surface area contributed by atoms with Crippen LogP contribution >= 0.6 is 0 Å². The van der Waals surface area contributed by atoms with E-state index in [-0.39, 0.29) is 29.3 Å². The van der Waals surface area contributed by atoms with E-state index in [0.29, 0.717) is 16.5 Å². The summed E-state index contributed by atoms with van der Waals surface area (Å²) in [5, 5.41) is 14.3. The van der Waals surface area contributed by atoms with E-state index in [0.717, 1.165) is 47.1 Å². The van der Waals surface area contributed by atoms with Gasteiger partial charge in [-0.25, -0.2) is 4.79 Å². The summed E-state index contributed by atoms with van der Waals surface area (Å²) in [5.41, 5.74) is 3.42. The largest absolute Gasteiger partial charge is 0.478 e. The predicted molar refractivity (Wildman–Crippen MR) is 134 cm³/mol. The molecule has 4 nitrogen and oxygen atoms in total. The highest BCUT2D eigenvalue weighted by molar-refractivity contribution is 6.04. The van der Waals surface area contributed by atoms with Crippen molar-refractivity contribution in [2.75, 3.05) is 0 Å². The first-order valence-electron chi connectivity index (χ1n) is 12.1. The van der Waals surface area contributed by atoms with Crippen LogP contribution in [0, 0.1) is 5.92 Å². The molecule has 1 aliphatic heterocycles. The van der Waals surface area contributed by atoms with Gasteiger partial charge in [-0.3, -0.25) is 4.79 Å². The Morgan fingerprint density at radius 1 is 0.811 bits per heavy atom. The zero-order chi connectivity index (χ0) is 25.9. The Labute approximate surface area is 210 Å². The van der Waals surface area contributed by atoms with Crippen LogP contribution in [0.1, 0.15) is 40.2 Å². The summed E-state index contributed by atoms with van der Waals surface area (Å²) in [5.74, 6) is -0.737. The second kappa shape index (κ2) is 8.47. The second-order valence-electron chi connectivity index (χ2n) is 9.85. The second-order valence-corrected chi connectivity index (χ2v) is 9.85. The molecule has 1 saturated heterocycles. The molecule has 2 fully saturated rings. The van der Waals surface area contributed by atoms with Crippen molar-refractivity contribution in [2.45, 2.75) is 31.0 Å². The average molecular weight is 502 g/mol. The van der Waals surface area contributed by atoms with Gasteiger partial charge < -0.3 is 10.4 Å². The van der Waals surface area contributed by atoms with Crippen LogP contribution in [0.3, 0.4) is 0 Å². The van der Waals surface area contributed by atoms with Gasteiger partial charge in [0.25, 0.3) is 0 Å². The van der Waals surface area contributed by atoms with Crippen molar-refractivity contribution >= 4 is 22.6 Å². The fraction of sp³-hybridized carbons (Fsp3) is 0.200. The first kappa shape index (κ1) is 23.3. The Morgan fingerprint density at radius 3 is 2.08 bits per heavy atom. The van der Waals surface area contributed by atoms with Gasteiger partial charge in [0.1, 0.15) is 0 Å². The molecule has 6 rings (SSSR count). The van der Waals surface area contributed by atoms with E-state index in [1.807, 2.05) is 36.4 Å². The van der Waals surface area contributed by atoms with Gasteiger partial charge in [0.15, 0.2) is 0 Å². The highest BCUT2D eigenvalue weighted by atomic mass is 19.4. The number of halogens is 3. The lowest BCUT2D eigenvalue weighted by atomic mass is 9.86. The van der Waals surface area contributed by atoms with Gasteiger partial charge in [-0.2, -0.15) is 13.2 Å². The minimum Gasteiger partial charge on any atom is -0.478 e. The van der Waals surface area contributed by atoms with Crippen LogP contribution in [0.25, 0.3) is 33.0 Å². The predicted octanol–water partition coefficient (Wildman–Crippen LogP) is 6.88. The van der Waals surface area contributed by atoms with Crippen LogP contribution < -0.4 is 5.32 Å². The third kappa shape index (κ3) is 4.14. The molecule has 3 atom stereocenters. The number of nitrogens with one attached hydrogen (secondary N) is 1. The summed E-state index contributed by atoms with van der Waals surface area (Å²) in [7, 11) is 0. The maximum absolute atomic E-state index is 13.0. The topological polar surface area (TPSA) is 66.4 Å². The number of carboxylic acid groups (broad SMARTS) is 1. The molecule has 2 aliphatic rings. The fourth-order valence-electron chi connectivity index (χ4n) is 5.80. The van der Waals surface area contributed by atoms with Gasteiger partial charge in [-0.05, 0) is 87.7 Å². The van der Waals surface area contributed by atoms with Gasteiger partial charge in [0.2, 0.25) is 5.91 Å². The van der Waals surface area contributed by atoms with E-state index in [9.17, 15) is 27.9 Å². The number of carboxylic acids is 1. The van der Waals surface area contributed by atoms with Crippen LogP contribution in [0.5, 0.6) is 0 Å². The minimum absolute atomic E-state index is 0.00985. The lowest BCUT2D eigenvalue weighted by Gasteiger charge is -2.22. The van der Waals surface area contributed by atoms with E-state index in [1.165, 1.54) is 12.1 Å². The smallest absolute Gasteiger partial charge is 0.416 e. The SMILES string of the molecule is O=C(O)c1cc(-c2ccc([C@@H]3C[C@@H]4C[C@H]3C(=O)N4)cc2)c2ccc(-c3ccc(C(F)(F)F)cc3)cc2c1. The number of hydrogen-bond acceptors (Lipinski definition) is 2. The molecule has 4 aromatic rings. The van der Waals surface area contributed by atoms with Gasteiger partial charge in [0.05, 0.1) is 11.1 Å². The standard InChI is InChI=1S/C30H22F3NO3/c31-30(32,33)22-8-5-16(6-9-22)19-7-10-24-20(11-19)12-21(29(36)37)13-25(24)17-1-3-18(4-2-17)26-14-23-15-27(26)28(35)34-23/h1-13,23,26-27H,14-15H2,(H,34,35)(H,36,37)/t23-,26+,27-/m1/s1. The monoisotopic (exact) mass is 501 g/mol. The zero-order valence-corrected chi connectivity index (χ0v) is 19.5. The number of fused-ring (bicyclic) bond motifs is 3. The molecular formula is C30H22F3NO3. The summed E-state index contributed by atoms with van der Waals surface area (Å²) >= 11 is 0. The molecule has 0 aromatic heterocycles. The van der Waals surface area contributed by atoms with Crippen molar-refractivity contribution in [1.82, 2.24) is 5.32 Å². The average Bonchev–Trinajstić information content (AvgIpc) is 3.47. The fourth-order valence-corrected chi connectivity index (χ4v) is 5.80. The van der Waals surface area contributed by atoms with E-state index in [4.69, 9.17) is 0 Å². The lowest BCUT2D eigenvalue weighted by molar-refractivity contribution is -0.137. The normalized spacial score (nSPS) is 20.8. The molecule has 1 saturated carbocycles. The van der Waals surface area contributed by atoms with E-state index in [2.05, 4.69) is 5.32 Å². The van der Waals surface area contributed by atoms with Crippen LogP contribution in [-0.4, -0.2) is 23.0 Å². The summed E-state index contributed by atoms with van der Waals surface area (Å²) in [6.07, 6.45) is -2.61. The molecule has 37 heavy (non-hydrogen) atoms. The highest BCUT2D eigenvalue weighted by Gasteiger charge is 2.45. The number of carbonyl (C=O) groups excluding carboxylic acids is 1. The van der Waals surface area contributed by atoms with Crippen molar-refractivity contribution in [3.05, 3.63) is 95.6 Å². The number of aromatic carboxylic acids is 1. The Morgan fingerprint density at radius 2 is 1.46 bits per heavy atom. The van der Waals surface area contributed by atoms with Crippen molar-refractivity contribution in [3.63, 3.8) is 0 Å². The number of amides is 1. The number of hydrogen-bond donors (Lipinski definition) is 2. The first-order chi connectivity index (χ1) is 17.7. The Bertz CT molecular complexity index is 1540. The summed E-state index contributed by atoms with van der Waals surface area (Å²) in [6, 6.07) is 21.9. The summed E-state index contributed by atoms with van der Waals surface area (Å²) in [6.45, 7) is 0. The quantitative estimate of drug-likeness (QED) is 0.320. The third-order valence-electron chi connectivity index (χ3n) is 7.64. The van der Waals surface area contributed by atoms with Crippen molar-refractivity contribution < 1.29 is 27.9 Å².